The molecule has 0 amide bonds. The van der Waals surface area contributed by atoms with Crippen molar-refractivity contribution < 1.29 is 9.47 Å². The lowest BCUT2D eigenvalue weighted by atomic mass is 9.99. The fourth-order valence-corrected chi connectivity index (χ4v) is 4.28. The second-order valence-electron chi connectivity index (χ2n) is 7.43. The Morgan fingerprint density at radius 1 is 1.00 bits per heavy atom. The van der Waals surface area contributed by atoms with Gasteiger partial charge in [0.2, 0.25) is 6.79 Å². The first-order valence-electron chi connectivity index (χ1n) is 9.66. The van der Waals surface area contributed by atoms with Crippen molar-refractivity contribution in [2.24, 2.45) is 0 Å². The third-order valence-electron chi connectivity index (χ3n) is 5.69. The van der Waals surface area contributed by atoms with E-state index in [-0.39, 0.29) is 12.4 Å². The normalized spacial score (nSPS) is 18.9. The second kappa shape index (κ2) is 7.90. The summed E-state index contributed by atoms with van der Waals surface area (Å²) in [6.07, 6.45) is 1.14. The van der Waals surface area contributed by atoms with Gasteiger partial charge in [0.25, 0.3) is 0 Å². The van der Waals surface area contributed by atoms with Gasteiger partial charge in [0.05, 0.1) is 0 Å². The Balaban J connectivity index is 0.00000192. The Morgan fingerprint density at radius 3 is 2.75 bits per heavy atom. The molecule has 28 heavy (non-hydrogen) atoms. The number of benzene rings is 3. The summed E-state index contributed by atoms with van der Waals surface area (Å²) < 4.78 is 10.9. The van der Waals surface area contributed by atoms with Crippen LogP contribution in [0.3, 0.4) is 0 Å². The van der Waals surface area contributed by atoms with Gasteiger partial charge in [-0.1, -0.05) is 42.5 Å². The number of hydrogen-bond acceptors (Lipinski definition) is 4. The minimum atomic E-state index is 0. The number of anilines is 1. The molecule has 3 aromatic rings. The fourth-order valence-electron chi connectivity index (χ4n) is 4.28. The van der Waals surface area contributed by atoms with Gasteiger partial charge in [0, 0.05) is 36.9 Å². The monoisotopic (exact) mass is 396 g/mol. The summed E-state index contributed by atoms with van der Waals surface area (Å²) in [6, 6.07) is 22.2. The quantitative estimate of drug-likeness (QED) is 0.678. The van der Waals surface area contributed by atoms with Gasteiger partial charge in [-0.05, 0) is 41.8 Å². The molecule has 5 heteroatoms. The standard InChI is InChI=1S/C23H24N2O2.ClH/c1-16(20-8-4-6-17-5-2-3-7-21(17)20)24-18-11-12-25(14-18)19-9-10-22-23(13-19)27-15-26-22;/h2-10,13,16,18,24H,11-12,14-15H2,1H3;1H/t16-,18+;/m1./s1. The molecule has 1 N–H and O–H groups in total. The molecule has 0 spiro atoms. The van der Waals surface area contributed by atoms with E-state index in [0.717, 1.165) is 31.0 Å². The largest absolute Gasteiger partial charge is 0.454 e. The zero-order chi connectivity index (χ0) is 18.2. The summed E-state index contributed by atoms with van der Waals surface area (Å²) in [6.45, 7) is 4.66. The number of rotatable bonds is 4. The summed E-state index contributed by atoms with van der Waals surface area (Å²) in [5.41, 5.74) is 2.58. The highest BCUT2D eigenvalue weighted by atomic mass is 35.5. The van der Waals surface area contributed by atoms with Crippen molar-refractivity contribution in [2.75, 3.05) is 24.8 Å². The smallest absolute Gasteiger partial charge is 0.231 e. The topological polar surface area (TPSA) is 33.7 Å². The summed E-state index contributed by atoms with van der Waals surface area (Å²) in [4.78, 5) is 2.43. The highest BCUT2D eigenvalue weighted by Crippen LogP contribution is 2.36. The molecule has 3 aromatic carbocycles. The van der Waals surface area contributed by atoms with Gasteiger partial charge in [-0.2, -0.15) is 0 Å². The molecule has 4 nitrogen and oxygen atoms in total. The van der Waals surface area contributed by atoms with Crippen LogP contribution >= 0.6 is 12.4 Å². The predicted octanol–water partition coefficient (Wildman–Crippen LogP) is 4.92. The van der Waals surface area contributed by atoms with E-state index < -0.39 is 0 Å². The van der Waals surface area contributed by atoms with E-state index in [1.54, 1.807) is 0 Å². The number of nitrogens with zero attached hydrogens (tertiary/aromatic N) is 1. The molecule has 0 aromatic heterocycles. The van der Waals surface area contributed by atoms with Crippen LogP contribution in [0, 0.1) is 0 Å². The number of halogens is 1. The van der Waals surface area contributed by atoms with Crippen molar-refractivity contribution in [3.05, 3.63) is 66.2 Å². The van der Waals surface area contributed by atoms with Crippen molar-refractivity contribution in [2.45, 2.75) is 25.4 Å². The Bertz CT molecular complexity index is 972. The van der Waals surface area contributed by atoms with Gasteiger partial charge in [0.1, 0.15) is 0 Å². The van der Waals surface area contributed by atoms with Gasteiger partial charge in [-0.25, -0.2) is 0 Å². The van der Waals surface area contributed by atoms with Crippen LogP contribution in [0.4, 0.5) is 5.69 Å². The zero-order valence-electron chi connectivity index (χ0n) is 15.9. The lowest BCUT2D eigenvalue weighted by Gasteiger charge is -2.23. The molecule has 2 heterocycles. The van der Waals surface area contributed by atoms with Gasteiger partial charge >= 0.3 is 0 Å². The maximum atomic E-state index is 5.52. The molecule has 1 fully saturated rings. The van der Waals surface area contributed by atoms with Crippen molar-refractivity contribution in [1.82, 2.24) is 5.32 Å². The Morgan fingerprint density at radius 2 is 1.82 bits per heavy atom. The lowest BCUT2D eigenvalue weighted by molar-refractivity contribution is 0.174. The predicted molar refractivity (Wildman–Crippen MR) is 116 cm³/mol. The first-order chi connectivity index (χ1) is 13.3. The van der Waals surface area contributed by atoms with E-state index in [9.17, 15) is 0 Å². The zero-order valence-corrected chi connectivity index (χ0v) is 16.7. The van der Waals surface area contributed by atoms with Crippen molar-refractivity contribution in [3.63, 3.8) is 0 Å². The average Bonchev–Trinajstić information content (AvgIpc) is 3.36. The van der Waals surface area contributed by atoms with Crippen LogP contribution in [-0.4, -0.2) is 25.9 Å². The molecule has 146 valence electrons. The molecule has 2 atom stereocenters. The summed E-state index contributed by atoms with van der Waals surface area (Å²) in [5.74, 6) is 1.70. The minimum Gasteiger partial charge on any atom is -0.454 e. The number of hydrogen-bond donors (Lipinski definition) is 1. The Hall–Kier alpha value is -2.43. The summed E-state index contributed by atoms with van der Waals surface area (Å²) in [5, 5.41) is 6.48. The minimum absolute atomic E-state index is 0. The molecule has 0 saturated carbocycles. The maximum Gasteiger partial charge on any atom is 0.231 e. The molecule has 2 aliphatic heterocycles. The van der Waals surface area contributed by atoms with Crippen LogP contribution in [0.5, 0.6) is 11.5 Å². The molecular formula is C23H25ClN2O2. The van der Waals surface area contributed by atoms with Crippen LogP contribution < -0.4 is 19.7 Å². The summed E-state index contributed by atoms with van der Waals surface area (Å²) >= 11 is 0. The van der Waals surface area contributed by atoms with E-state index in [1.165, 1.54) is 22.0 Å². The van der Waals surface area contributed by atoms with Crippen LogP contribution in [0.15, 0.2) is 60.7 Å². The molecule has 2 aliphatic rings. The maximum absolute atomic E-state index is 5.52. The van der Waals surface area contributed by atoms with E-state index in [0.29, 0.717) is 18.9 Å². The highest BCUT2D eigenvalue weighted by molar-refractivity contribution is 5.86. The lowest BCUT2D eigenvalue weighted by Crippen LogP contribution is -2.34. The van der Waals surface area contributed by atoms with Gasteiger partial charge in [0.15, 0.2) is 11.5 Å². The number of nitrogens with one attached hydrogen (secondary N) is 1. The van der Waals surface area contributed by atoms with Crippen molar-refractivity contribution >= 4 is 28.9 Å². The molecular weight excluding hydrogens is 372 g/mol. The van der Waals surface area contributed by atoms with Crippen LogP contribution in [0.2, 0.25) is 0 Å². The van der Waals surface area contributed by atoms with Crippen LogP contribution in [-0.2, 0) is 0 Å². The first-order valence-corrected chi connectivity index (χ1v) is 9.66. The SMILES string of the molecule is C[C@@H](N[C@H]1CCN(c2ccc3c(c2)OCO3)C1)c1cccc2ccccc12.Cl. The Labute approximate surface area is 171 Å². The molecule has 5 rings (SSSR count). The average molecular weight is 397 g/mol. The van der Waals surface area contributed by atoms with E-state index in [1.807, 2.05) is 6.07 Å². The van der Waals surface area contributed by atoms with E-state index in [2.05, 4.69) is 71.7 Å². The second-order valence-corrected chi connectivity index (χ2v) is 7.43. The van der Waals surface area contributed by atoms with Crippen LogP contribution in [0.25, 0.3) is 10.8 Å². The van der Waals surface area contributed by atoms with Crippen molar-refractivity contribution in [1.29, 1.82) is 0 Å². The molecule has 1 saturated heterocycles. The van der Waals surface area contributed by atoms with E-state index >= 15 is 0 Å². The van der Waals surface area contributed by atoms with Gasteiger partial charge in [-0.3, -0.25) is 0 Å². The summed E-state index contributed by atoms with van der Waals surface area (Å²) in [7, 11) is 0. The van der Waals surface area contributed by atoms with Crippen molar-refractivity contribution in [3.8, 4) is 11.5 Å². The first kappa shape index (κ1) is 18.9. The molecule has 0 radical (unpaired) electrons. The third-order valence-corrected chi connectivity index (χ3v) is 5.69. The van der Waals surface area contributed by atoms with E-state index in [4.69, 9.17) is 9.47 Å². The van der Waals surface area contributed by atoms with Crippen LogP contribution in [0.1, 0.15) is 24.9 Å². The molecule has 0 unspecified atom stereocenters. The molecule has 0 aliphatic carbocycles. The van der Waals surface area contributed by atoms with Gasteiger partial charge in [-0.15, -0.1) is 12.4 Å². The number of ether oxygens (including phenoxy) is 2. The van der Waals surface area contributed by atoms with Gasteiger partial charge < -0.3 is 19.7 Å². The Kier molecular flexibility index (Phi) is 5.33. The number of fused-ring (bicyclic) bond motifs is 2. The molecule has 0 bridgehead atoms. The third kappa shape index (κ3) is 3.50. The highest BCUT2D eigenvalue weighted by Gasteiger charge is 2.26. The fraction of sp³-hybridized carbons (Fsp3) is 0.304.